The number of methoxy groups -OCH3 is 2. The first-order valence-electron chi connectivity index (χ1n) is 17.9. The SMILES string of the molecule is CCC1CN([C@@H]2CCc3cc(-c4cccc(-c5cccc(-c6cc7c(c(OC)n6)[C@@H](NC[C@@H]6CCC(=O)N6)CC7)c5Cl)c4Cl)nc(OC)c32)C1. The molecule has 260 valence electrons. The maximum Gasteiger partial charge on any atom is 0.220 e. The number of ether oxygens (including phenoxy) is 2. The van der Waals surface area contributed by atoms with E-state index in [1.165, 1.54) is 23.1 Å². The number of amides is 1. The maximum absolute atomic E-state index is 11.7. The molecule has 2 aromatic heterocycles. The molecule has 0 unspecified atom stereocenters. The van der Waals surface area contributed by atoms with Crippen LogP contribution in [0.15, 0.2) is 48.5 Å². The molecular formula is C40H43Cl2N5O3. The normalized spacial score (nSPS) is 21.5. The smallest absolute Gasteiger partial charge is 0.220 e. The number of fused-ring (bicyclic) bond motifs is 2. The maximum atomic E-state index is 11.7. The van der Waals surface area contributed by atoms with Crippen LogP contribution in [0.25, 0.3) is 33.6 Å². The van der Waals surface area contributed by atoms with E-state index in [-0.39, 0.29) is 18.0 Å². The van der Waals surface area contributed by atoms with Gasteiger partial charge in [-0.25, -0.2) is 9.97 Å². The van der Waals surface area contributed by atoms with Crippen LogP contribution in [0, 0.1) is 5.92 Å². The minimum absolute atomic E-state index is 0.115. The summed E-state index contributed by atoms with van der Waals surface area (Å²) in [7, 11) is 3.38. The van der Waals surface area contributed by atoms with Gasteiger partial charge in [-0.05, 0) is 61.3 Å². The van der Waals surface area contributed by atoms with Crippen LogP contribution in [0.2, 0.25) is 10.0 Å². The fraction of sp³-hybridized carbons (Fsp3) is 0.425. The first kappa shape index (κ1) is 33.5. The van der Waals surface area contributed by atoms with Gasteiger partial charge >= 0.3 is 0 Å². The van der Waals surface area contributed by atoms with Crippen LogP contribution in [-0.2, 0) is 17.6 Å². The number of hydrogen-bond acceptors (Lipinski definition) is 7. The molecule has 2 saturated heterocycles. The lowest BCUT2D eigenvalue weighted by molar-refractivity contribution is -0.119. The van der Waals surface area contributed by atoms with E-state index in [0.29, 0.717) is 34.3 Å². The van der Waals surface area contributed by atoms with E-state index in [4.69, 9.17) is 42.6 Å². The molecule has 4 heterocycles. The van der Waals surface area contributed by atoms with E-state index in [1.807, 2.05) is 36.4 Å². The zero-order valence-corrected chi connectivity index (χ0v) is 30.3. The predicted molar refractivity (Wildman–Crippen MR) is 198 cm³/mol. The first-order valence-corrected chi connectivity index (χ1v) is 18.6. The summed E-state index contributed by atoms with van der Waals surface area (Å²) < 4.78 is 11.8. The van der Waals surface area contributed by atoms with Crippen LogP contribution in [0.5, 0.6) is 11.8 Å². The second-order valence-electron chi connectivity index (χ2n) is 14.1. The van der Waals surface area contributed by atoms with Gasteiger partial charge in [-0.3, -0.25) is 9.69 Å². The number of aryl methyl sites for hydroxylation is 2. The Morgan fingerprint density at radius 3 is 1.98 bits per heavy atom. The van der Waals surface area contributed by atoms with E-state index < -0.39 is 0 Å². The van der Waals surface area contributed by atoms with Gasteiger partial charge in [-0.15, -0.1) is 0 Å². The molecule has 0 bridgehead atoms. The Hall–Kier alpha value is -3.69. The summed E-state index contributed by atoms with van der Waals surface area (Å²) >= 11 is 14.5. The molecule has 4 aromatic rings. The van der Waals surface area contributed by atoms with Gasteiger partial charge < -0.3 is 20.1 Å². The van der Waals surface area contributed by atoms with Crippen LogP contribution < -0.4 is 20.1 Å². The Balaban J connectivity index is 1.09. The van der Waals surface area contributed by atoms with Crippen LogP contribution in [0.1, 0.15) is 73.4 Å². The molecule has 2 aromatic carbocycles. The number of hydrogen-bond donors (Lipinski definition) is 2. The van der Waals surface area contributed by atoms with E-state index in [2.05, 4.69) is 34.6 Å². The highest BCUT2D eigenvalue weighted by atomic mass is 35.5. The number of carbonyl (C=O) groups is 1. The molecule has 2 fully saturated rings. The third kappa shape index (κ3) is 5.94. The summed E-state index contributed by atoms with van der Waals surface area (Å²) in [6.45, 7) is 5.29. The minimum Gasteiger partial charge on any atom is -0.481 e. The number of benzene rings is 2. The lowest BCUT2D eigenvalue weighted by Crippen LogP contribution is -2.47. The number of likely N-dealkylation sites (tertiary alicyclic amines) is 1. The van der Waals surface area contributed by atoms with Gasteiger partial charge in [0.1, 0.15) is 0 Å². The molecule has 50 heavy (non-hydrogen) atoms. The van der Waals surface area contributed by atoms with Gasteiger partial charge in [0, 0.05) is 77.6 Å². The average Bonchev–Trinajstić information content (AvgIpc) is 3.85. The fourth-order valence-electron chi connectivity index (χ4n) is 8.46. The zero-order chi connectivity index (χ0) is 34.5. The summed E-state index contributed by atoms with van der Waals surface area (Å²) in [4.78, 5) is 24.3. The molecule has 0 radical (unpaired) electrons. The van der Waals surface area contributed by atoms with Crippen LogP contribution in [-0.4, -0.2) is 60.7 Å². The van der Waals surface area contributed by atoms with Gasteiger partial charge in [-0.1, -0.05) is 72.9 Å². The van der Waals surface area contributed by atoms with Gasteiger partial charge in [-0.2, -0.15) is 0 Å². The molecule has 2 N–H and O–H groups in total. The van der Waals surface area contributed by atoms with Gasteiger partial charge in [0.25, 0.3) is 0 Å². The third-order valence-corrected chi connectivity index (χ3v) is 12.0. The molecule has 0 spiro atoms. The predicted octanol–water partition coefficient (Wildman–Crippen LogP) is 7.99. The molecule has 10 heteroatoms. The number of rotatable bonds is 10. The number of pyridine rings is 2. The lowest BCUT2D eigenvalue weighted by atomic mass is 9.93. The van der Waals surface area contributed by atoms with Gasteiger partial charge in [0.05, 0.1) is 35.7 Å². The molecular weight excluding hydrogens is 669 g/mol. The van der Waals surface area contributed by atoms with Crippen LogP contribution >= 0.6 is 23.2 Å². The van der Waals surface area contributed by atoms with Gasteiger partial charge in [0.15, 0.2) is 0 Å². The number of nitrogens with one attached hydrogen (secondary N) is 2. The van der Waals surface area contributed by atoms with Crippen molar-refractivity contribution in [3.05, 3.63) is 80.8 Å². The van der Waals surface area contributed by atoms with E-state index in [9.17, 15) is 4.79 Å². The van der Waals surface area contributed by atoms with Crippen molar-refractivity contribution in [2.24, 2.45) is 5.92 Å². The highest BCUT2D eigenvalue weighted by Gasteiger charge is 2.38. The largest absolute Gasteiger partial charge is 0.481 e. The van der Waals surface area contributed by atoms with Crippen molar-refractivity contribution in [2.45, 2.75) is 70.0 Å². The summed E-state index contributed by atoms with van der Waals surface area (Å²) in [6.07, 6.45) is 6.60. The second-order valence-corrected chi connectivity index (χ2v) is 14.9. The van der Waals surface area contributed by atoms with E-state index in [1.54, 1.807) is 14.2 Å². The third-order valence-electron chi connectivity index (χ3n) is 11.2. The van der Waals surface area contributed by atoms with Gasteiger partial charge in [0.2, 0.25) is 17.7 Å². The number of carbonyl (C=O) groups excluding carboxylic acids is 1. The summed E-state index contributed by atoms with van der Waals surface area (Å²) in [5.41, 5.74) is 9.68. The lowest BCUT2D eigenvalue weighted by Gasteiger charge is -2.43. The molecule has 8 nitrogen and oxygen atoms in total. The van der Waals surface area contributed by atoms with E-state index in [0.717, 1.165) is 96.9 Å². The molecule has 8 rings (SSSR count). The molecule has 4 aliphatic rings. The van der Waals surface area contributed by atoms with Crippen molar-refractivity contribution in [2.75, 3.05) is 33.9 Å². The molecule has 3 atom stereocenters. The zero-order valence-electron chi connectivity index (χ0n) is 28.8. The van der Waals surface area contributed by atoms with Crippen LogP contribution in [0.4, 0.5) is 0 Å². The van der Waals surface area contributed by atoms with Crippen molar-refractivity contribution < 1.29 is 14.3 Å². The minimum atomic E-state index is 0.115. The van der Waals surface area contributed by atoms with Crippen molar-refractivity contribution in [1.29, 1.82) is 0 Å². The van der Waals surface area contributed by atoms with Crippen molar-refractivity contribution in [3.8, 4) is 45.4 Å². The number of aromatic nitrogens is 2. The monoisotopic (exact) mass is 711 g/mol. The Labute approximate surface area is 303 Å². The Kier molecular flexibility index (Phi) is 9.23. The van der Waals surface area contributed by atoms with Crippen LogP contribution in [0.3, 0.4) is 0 Å². The Bertz CT molecular complexity index is 1960. The standard InChI is InChI=1S/C40H43Cl2N5O3/c1-4-22-20-47(21-22)33-15-12-24-18-32(46-40(50-3)36(24)33)29-10-6-8-27(38(29)42)26-7-5-9-28(37(26)41)31-17-23-11-14-30(35(23)39(45-31)49-2)43-19-25-13-16-34(48)44-25/h5-10,17-18,22,25,30,33,43H,4,11-16,19-21H2,1-3H3,(H,44,48)/t25-,30-,33+/m0/s1. The molecule has 2 aliphatic heterocycles. The number of nitrogens with zero attached hydrogens (tertiary/aromatic N) is 3. The van der Waals surface area contributed by atoms with Crippen molar-refractivity contribution in [1.82, 2.24) is 25.5 Å². The van der Waals surface area contributed by atoms with Crippen molar-refractivity contribution >= 4 is 29.1 Å². The molecule has 0 saturated carbocycles. The highest BCUT2D eigenvalue weighted by Crippen LogP contribution is 2.48. The number of halogens is 2. The molecule has 2 aliphatic carbocycles. The highest BCUT2D eigenvalue weighted by molar-refractivity contribution is 6.39. The Morgan fingerprint density at radius 1 is 0.820 bits per heavy atom. The second kappa shape index (κ2) is 13.8. The average molecular weight is 713 g/mol. The molecule has 1 amide bonds. The first-order chi connectivity index (χ1) is 24.4. The van der Waals surface area contributed by atoms with Crippen molar-refractivity contribution in [3.63, 3.8) is 0 Å². The van der Waals surface area contributed by atoms with E-state index >= 15 is 0 Å². The topological polar surface area (TPSA) is 88.6 Å². The quantitative estimate of drug-likeness (QED) is 0.172. The Morgan fingerprint density at radius 2 is 1.40 bits per heavy atom. The summed E-state index contributed by atoms with van der Waals surface area (Å²) in [5, 5.41) is 7.86. The fourth-order valence-corrected chi connectivity index (χ4v) is 9.11. The summed E-state index contributed by atoms with van der Waals surface area (Å²) in [5.74, 6) is 2.21. The summed E-state index contributed by atoms with van der Waals surface area (Å²) in [6, 6.07) is 17.0.